The van der Waals surface area contributed by atoms with Crippen LogP contribution in [0.1, 0.15) is 10.4 Å². The van der Waals surface area contributed by atoms with Crippen molar-refractivity contribution in [2.45, 2.75) is 0 Å². The third-order valence-electron chi connectivity index (χ3n) is 3.01. The summed E-state index contributed by atoms with van der Waals surface area (Å²) in [4.78, 5) is 11.0. The fourth-order valence-corrected chi connectivity index (χ4v) is 2.22. The zero-order chi connectivity index (χ0) is 11.8. The molecule has 0 spiro atoms. The van der Waals surface area contributed by atoms with Gasteiger partial charge in [-0.15, -0.1) is 0 Å². The van der Waals surface area contributed by atoms with Crippen molar-refractivity contribution in [2.24, 2.45) is 0 Å². The van der Waals surface area contributed by atoms with Gasteiger partial charge in [-0.2, -0.15) is 0 Å². The Bertz CT molecular complexity index is 735. The minimum Gasteiger partial charge on any atom is -0.545 e. The first kappa shape index (κ1) is 12.8. The molecule has 3 heteroatoms. The standard InChI is InChI=1S/C15H10O2.Ag/c16-15(17)14-7-3-6-12-11-5-2-1-4-10(11)8-9-13(12)14;/h1-9H,(H,16,17);/q;+1/p-1. The van der Waals surface area contributed by atoms with Gasteiger partial charge < -0.3 is 9.90 Å². The van der Waals surface area contributed by atoms with E-state index in [9.17, 15) is 9.90 Å². The predicted octanol–water partition coefficient (Wildman–Crippen LogP) is 2.35. The van der Waals surface area contributed by atoms with E-state index in [1.165, 1.54) is 0 Å². The maximum absolute atomic E-state index is 11.0. The summed E-state index contributed by atoms with van der Waals surface area (Å²) in [5.74, 6) is -1.13. The molecule has 0 aliphatic heterocycles. The molecule has 0 fully saturated rings. The molecule has 0 heterocycles. The van der Waals surface area contributed by atoms with Gasteiger partial charge in [-0.1, -0.05) is 54.6 Å². The Balaban J connectivity index is 0.00000120. The molecule has 0 aliphatic rings. The van der Waals surface area contributed by atoms with E-state index < -0.39 is 5.97 Å². The average molecular weight is 329 g/mol. The summed E-state index contributed by atoms with van der Waals surface area (Å²) in [6.45, 7) is 0. The Labute approximate surface area is 120 Å². The van der Waals surface area contributed by atoms with Gasteiger partial charge in [0.1, 0.15) is 0 Å². The Morgan fingerprint density at radius 3 is 2.28 bits per heavy atom. The molecule has 0 saturated heterocycles. The third-order valence-corrected chi connectivity index (χ3v) is 3.01. The second-order valence-electron chi connectivity index (χ2n) is 3.97. The summed E-state index contributed by atoms with van der Waals surface area (Å²) in [6, 6.07) is 17.0. The fraction of sp³-hybridized carbons (Fsp3) is 0. The minimum absolute atomic E-state index is 0. The second-order valence-corrected chi connectivity index (χ2v) is 3.97. The Hall–Kier alpha value is -1.61. The van der Waals surface area contributed by atoms with Gasteiger partial charge in [-0.05, 0) is 21.5 Å². The van der Waals surface area contributed by atoms with Gasteiger partial charge in [0.25, 0.3) is 0 Å². The number of hydrogen-bond donors (Lipinski definition) is 0. The summed E-state index contributed by atoms with van der Waals surface area (Å²) in [7, 11) is 0. The zero-order valence-electron chi connectivity index (χ0n) is 9.31. The number of carbonyl (C=O) groups excluding carboxylic acids is 1. The van der Waals surface area contributed by atoms with Gasteiger partial charge in [-0.25, -0.2) is 0 Å². The summed E-state index contributed by atoms with van der Waals surface area (Å²) in [5.41, 5.74) is 0.244. The van der Waals surface area contributed by atoms with Gasteiger partial charge in [-0.3, -0.25) is 0 Å². The molecule has 3 aromatic carbocycles. The van der Waals surface area contributed by atoms with Crippen LogP contribution in [0.15, 0.2) is 54.6 Å². The Morgan fingerprint density at radius 1 is 0.778 bits per heavy atom. The number of benzene rings is 3. The molecule has 0 bridgehead atoms. The number of hydrogen-bond acceptors (Lipinski definition) is 2. The molecule has 3 aromatic rings. The van der Waals surface area contributed by atoms with Crippen LogP contribution in [-0.2, 0) is 22.4 Å². The summed E-state index contributed by atoms with van der Waals surface area (Å²) < 4.78 is 0. The molecule has 0 N–H and O–H groups in total. The normalized spacial score (nSPS) is 10.2. The van der Waals surface area contributed by atoms with Crippen molar-refractivity contribution in [3.8, 4) is 0 Å². The van der Waals surface area contributed by atoms with Crippen molar-refractivity contribution in [1.82, 2.24) is 0 Å². The van der Waals surface area contributed by atoms with Gasteiger partial charge in [0.2, 0.25) is 0 Å². The number of rotatable bonds is 1. The maximum atomic E-state index is 11.0. The number of aromatic carboxylic acids is 1. The average Bonchev–Trinajstić information content (AvgIpc) is 2.37. The van der Waals surface area contributed by atoms with Gasteiger partial charge in [0.05, 0.1) is 5.97 Å². The Morgan fingerprint density at radius 2 is 1.50 bits per heavy atom. The molecule has 0 amide bonds. The summed E-state index contributed by atoms with van der Waals surface area (Å²) in [5, 5.41) is 14.9. The van der Waals surface area contributed by atoms with Crippen LogP contribution in [-0.4, -0.2) is 5.97 Å². The van der Waals surface area contributed by atoms with E-state index in [0.29, 0.717) is 0 Å². The SMILES string of the molecule is O=C([O-])c1cccc2c1ccc1ccccc12.[Ag+]. The minimum atomic E-state index is -1.13. The van der Waals surface area contributed by atoms with Crippen LogP contribution in [0.4, 0.5) is 0 Å². The predicted molar refractivity (Wildman–Crippen MR) is 65.8 cm³/mol. The molecule has 0 saturated carbocycles. The number of carbonyl (C=O) groups is 1. The van der Waals surface area contributed by atoms with E-state index in [0.717, 1.165) is 21.5 Å². The van der Waals surface area contributed by atoms with Crippen molar-refractivity contribution in [1.29, 1.82) is 0 Å². The van der Waals surface area contributed by atoms with Gasteiger partial charge in [0.15, 0.2) is 0 Å². The van der Waals surface area contributed by atoms with E-state index in [4.69, 9.17) is 0 Å². The fourth-order valence-electron chi connectivity index (χ4n) is 2.22. The molecular weight excluding hydrogens is 320 g/mol. The maximum Gasteiger partial charge on any atom is 1.00 e. The van der Waals surface area contributed by atoms with Gasteiger partial charge >= 0.3 is 22.4 Å². The van der Waals surface area contributed by atoms with Crippen LogP contribution in [0.5, 0.6) is 0 Å². The van der Waals surface area contributed by atoms with E-state index in [1.54, 1.807) is 12.1 Å². The van der Waals surface area contributed by atoms with Crippen molar-refractivity contribution < 1.29 is 32.3 Å². The third kappa shape index (κ3) is 1.95. The largest absolute Gasteiger partial charge is 1.00 e. The molecule has 0 radical (unpaired) electrons. The van der Waals surface area contributed by atoms with Gasteiger partial charge in [0, 0.05) is 5.56 Å². The zero-order valence-corrected chi connectivity index (χ0v) is 10.8. The van der Waals surface area contributed by atoms with E-state index >= 15 is 0 Å². The molecular formula is C15H9AgO2. The van der Waals surface area contributed by atoms with E-state index in [1.807, 2.05) is 42.5 Å². The second kappa shape index (κ2) is 4.94. The number of carboxylic acids is 1. The molecule has 0 atom stereocenters. The molecule has 92 valence electrons. The van der Waals surface area contributed by atoms with Crippen molar-refractivity contribution >= 4 is 27.5 Å². The summed E-state index contributed by atoms with van der Waals surface area (Å²) >= 11 is 0. The first-order valence-corrected chi connectivity index (χ1v) is 5.39. The molecule has 0 aliphatic carbocycles. The molecule has 0 unspecified atom stereocenters. The van der Waals surface area contributed by atoms with Crippen LogP contribution in [0.3, 0.4) is 0 Å². The van der Waals surface area contributed by atoms with Crippen molar-refractivity contribution in [3.63, 3.8) is 0 Å². The first-order valence-electron chi connectivity index (χ1n) is 5.39. The quantitative estimate of drug-likeness (QED) is 0.508. The smallest absolute Gasteiger partial charge is 0.545 e. The molecule has 0 aromatic heterocycles. The van der Waals surface area contributed by atoms with Crippen LogP contribution < -0.4 is 5.11 Å². The molecule has 3 rings (SSSR count). The van der Waals surface area contributed by atoms with Crippen LogP contribution in [0.2, 0.25) is 0 Å². The van der Waals surface area contributed by atoms with E-state index in [2.05, 4.69) is 0 Å². The van der Waals surface area contributed by atoms with Crippen LogP contribution >= 0.6 is 0 Å². The topological polar surface area (TPSA) is 40.1 Å². The monoisotopic (exact) mass is 328 g/mol. The molecule has 18 heavy (non-hydrogen) atoms. The van der Waals surface area contributed by atoms with Crippen LogP contribution in [0.25, 0.3) is 21.5 Å². The summed E-state index contributed by atoms with van der Waals surface area (Å²) in [6.07, 6.45) is 0. The molecule has 2 nitrogen and oxygen atoms in total. The first-order chi connectivity index (χ1) is 8.27. The number of carboxylic acid groups (broad SMARTS) is 1. The van der Waals surface area contributed by atoms with E-state index in [-0.39, 0.29) is 27.9 Å². The van der Waals surface area contributed by atoms with Crippen molar-refractivity contribution in [2.75, 3.05) is 0 Å². The van der Waals surface area contributed by atoms with Crippen LogP contribution in [0, 0.1) is 0 Å². The number of fused-ring (bicyclic) bond motifs is 3. The Kier molecular flexibility index (Phi) is 3.53. The van der Waals surface area contributed by atoms with Crippen molar-refractivity contribution in [3.05, 3.63) is 60.2 Å².